The third-order valence-electron chi connectivity index (χ3n) is 2.69. The van der Waals surface area contributed by atoms with Gasteiger partial charge in [-0.3, -0.25) is 0 Å². The van der Waals surface area contributed by atoms with Crippen molar-refractivity contribution in [2.75, 3.05) is 11.0 Å². The fourth-order valence-electron chi connectivity index (χ4n) is 1.72. The first-order valence-corrected chi connectivity index (χ1v) is 7.99. The minimum Gasteiger partial charge on any atom is -0.457 e. The molecule has 0 aliphatic rings. The van der Waals surface area contributed by atoms with Gasteiger partial charge in [-0.2, -0.15) is 0 Å². The topological polar surface area (TPSA) is 26.3 Å². The molecule has 0 heterocycles. The summed E-state index contributed by atoms with van der Waals surface area (Å²) in [5.74, 6) is 0. The second-order valence-electron chi connectivity index (χ2n) is 4.16. The smallest absolute Gasteiger partial charge is 0.417 e. The lowest BCUT2D eigenvalue weighted by Crippen LogP contribution is -1.91. The first-order valence-electron chi connectivity index (χ1n) is 6.46. The van der Waals surface area contributed by atoms with E-state index in [1.165, 1.54) is 68.7 Å². The Balaban J connectivity index is 2.85. The maximum absolute atomic E-state index is 9.74. The van der Waals surface area contributed by atoms with Crippen molar-refractivity contribution in [3.63, 3.8) is 0 Å². The predicted molar refractivity (Wildman–Crippen MR) is 76.7 cm³/mol. The summed E-state index contributed by atoms with van der Waals surface area (Å²) in [7, 11) is 0. The van der Waals surface area contributed by atoms with Crippen LogP contribution >= 0.6 is 22.6 Å². The lowest BCUT2D eigenvalue weighted by Gasteiger charge is -2.01. The van der Waals surface area contributed by atoms with E-state index in [1.807, 2.05) is 0 Å². The summed E-state index contributed by atoms with van der Waals surface area (Å²) < 4.78 is 5.81. The number of alkyl halides is 1. The van der Waals surface area contributed by atoms with Crippen LogP contribution in [-0.2, 0) is 9.53 Å². The molecule has 0 unspecified atom stereocenters. The standard InChI is InChI=1S/C13H24IO2/c14-11-9-7-5-3-1-2-4-6-8-10-12-16-13-15/h1-12H2. The van der Waals surface area contributed by atoms with Gasteiger partial charge in [0.2, 0.25) is 0 Å². The Morgan fingerprint density at radius 3 is 1.62 bits per heavy atom. The summed E-state index contributed by atoms with van der Waals surface area (Å²) in [6, 6.07) is 0. The normalized spacial score (nSPS) is 10.3. The van der Waals surface area contributed by atoms with E-state index in [9.17, 15) is 4.79 Å². The van der Waals surface area contributed by atoms with E-state index in [0.717, 1.165) is 6.42 Å². The molecule has 0 aromatic rings. The molecule has 1 radical (unpaired) electrons. The predicted octanol–water partition coefficient (Wildman–Crippen LogP) is 4.41. The molecule has 0 aromatic heterocycles. The van der Waals surface area contributed by atoms with E-state index in [0.29, 0.717) is 6.61 Å². The summed E-state index contributed by atoms with van der Waals surface area (Å²) in [5, 5.41) is 0. The van der Waals surface area contributed by atoms with Crippen LogP contribution < -0.4 is 0 Å². The molecule has 0 atom stereocenters. The van der Waals surface area contributed by atoms with Gasteiger partial charge in [-0.15, -0.1) is 0 Å². The quantitative estimate of drug-likeness (QED) is 0.282. The van der Waals surface area contributed by atoms with Gasteiger partial charge in [-0.05, 0) is 17.3 Å². The van der Waals surface area contributed by atoms with Gasteiger partial charge in [-0.1, -0.05) is 74.0 Å². The molecule has 0 rings (SSSR count). The van der Waals surface area contributed by atoms with Crippen molar-refractivity contribution >= 4 is 29.1 Å². The SMILES string of the molecule is O=[C]OCCCCCCCCCCCCI. The van der Waals surface area contributed by atoms with Crippen LogP contribution in [0.2, 0.25) is 0 Å². The molecule has 0 N–H and O–H groups in total. The van der Waals surface area contributed by atoms with Crippen molar-refractivity contribution in [3.05, 3.63) is 0 Å². The minimum atomic E-state index is 0.541. The third-order valence-corrected chi connectivity index (χ3v) is 3.45. The molecule has 3 heteroatoms. The van der Waals surface area contributed by atoms with Crippen LogP contribution in [0.4, 0.5) is 0 Å². The zero-order valence-corrected chi connectivity index (χ0v) is 12.3. The van der Waals surface area contributed by atoms with Crippen LogP contribution in [0.25, 0.3) is 0 Å². The van der Waals surface area contributed by atoms with Crippen LogP contribution in [0, 0.1) is 0 Å². The molecule has 0 fully saturated rings. The zero-order chi connectivity index (χ0) is 11.9. The summed E-state index contributed by atoms with van der Waals surface area (Å²) >= 11 is 2.45. The van der Waals surface area contributed by atoms with Gasteiger partial charge < -0.3 is 4.74 Å². The minimum absolute atomic E-state index is 0.541. The molecule has 0 aliphatic carbocycles. The molecule has 0 saturated carbocycles. The van der Waals surface area contributed by atoms with E-state index in [1.54, 1.807) is 0 Å². The van der Waals surface area contributed by atoms with E-state index in [-0.39, 0.29) is 0 Å². The maximum Gasteiger partial charge on any atom is 0.417 e. The zero-order valence-electron chi connectivity index (χ0n) is 10.2. The second kappa shape index (κ2) is 15.2. The Morgan fingerprint density at radius 1 is 0.750 bits per heavy atom. The van der Waals surface area contributed by atoms with Crippen LogP contribution in [0.3, 0.4) is 0 Å². The van der Waals surface area contributed by atoms with Crippen molar-refractivity contribution in [1.29, 1.82) is 0 Å². The lowest BCUT2D eigenvalue weighted by atomic mass is 10.1. The number of hydrogen-bond donors (Lipinski definition) is 0. The van der Waals surface area contributed by atoms with Crippen LogP contribution in [0.5, 0.6) is 0 Å². The molecule has 0 saturated heterocycles. The first kappa shape index (κ1) is 16.2. The average molecular weight is 339 g/mol. The van der Waals surface area contributed by atoms with E-state index < -0.39 is 0 Å². The highest BCUT2D eigenvalue weighted by molar-refractivity contribution is 14.1. The summed E-state index contributed by atoms with van der Waals surface area (Å²) in [6.07, 6.45) is 13.1. The molecule has 2 nitrogen and oxygen atoms in total. The highest BCUT2D eigenvalue weighted by atomic mass is 127. The third kappa shape index (κ3) is 14.2. The monoisotopic (exact) mass is 339 g/mol. The van der Waals surface area contributed by atoms with E-state index in [2.05, 4.69) is 27.3 Å². The Morgan fingerprint density at radius 2 is 1.19 bits per heavy atom. The molecule has 0 aliphatic heterocycles. The van der Waals surface area contributed by atoms with Crippen molar-refractivity contribution < 1.29 is 9.53 Å². The Kier molecular flexibility index (Phi) is 15.4. The molecule has 0 bridgehead atoms. The van der Waals surface area contributed by atoms with Gasteiger partial charge in [0, 0.05) is 0 Å². The maximum atomic E-state index is 9.74. The van der Waals surface area contributed by atoms with Crippen LogP contribution in [-0.4, -0.2) is 17.5 Å². The van der Waals surface area contributed by atoms with Gasteiger partial charge in [-0.25, -0.2) is 4.79 Å². The van der Waals surface area contributed by atoms with Crippen LogP contribution in [0.1, 0.15) is 64.2 Å². The highest BCUT2D eigenvalue weighted by Gasteiger charge is 1.93. The second-order valence-corrected chi connectivity index (χ2v) is 5.24. The fourth-order valence-corrected chi connectivity index (χ4v) is 2.26. The molecular weight excluding hydrogens is 315 g/mol. The Labute approximate surface area is 114 Å². The number of rotatable bonds is 13. The first-order chi connectivity index (χ1) is 7.91. The summed E-state index contributed by atoms with van der Waals surface area (Å²) in [6.45, 7) is 1.99. The van der Waals surface area contributed by atoms with Gasteiger partial charge in [0.25, 0.3) is 0 Å². The van der Waals surface area contributed by atoms with Crippen molar-refractivity contribution in [3.8, 4) is 0 Å². The van der Waals surface area contributed by atoms with Crippen molar-refractivity contribution in [2.24, 2.45) is 0 Å². The number of unbranched alkanes of at least 4 members (excludes halogenated alkanes) is 9. The number of ether oxygens (including phenoxy) is 1. The van der Waals surface area contributed by atoms with Gasteiger partial charge in [0.05, 0.1) is 6.61 Å². The van der Waals surface area contributed by atoms with Gasteiger partial charge in [0.1, 0.15) is 0 Å². The molecule has 95 valence electrons. The van der Waals surface area contributed by atoms with Gasteiger partial charge in [0.15, 0.2) is 0 Å². The number of carbonyl (C=O) groups excluding carboxylic acids is 1. The number of hydrogen-bond acceptors (Lipinski definition) is 2. The lowest BCUT2D eigenvalue weighted by molar-refractivity contribution is 0.268. The summed E-state index contributed by atoms with van der Waals surface area (Å²) in [5.41, 5.74) is 0. The number of halogens is 1. The molecule has 0 spiro atoms. The van der Waals surface area contributed by atoms with E-state index >= 15 is 0 Å². The van der Waals surface area contributed by atoms with Gasteiger partial charge >= 0.3 is 6.47 Å². The van der Waals surface area contributed by atoms with Crippen molar-refractivity contribution in [2.45, 2.75) is 64.2 Å². The molecular formula is C13H24IO2. The Bertz CT molecular complexity index is 140. The fraction of sp³-hybridized carbons (Fsp3) is 0.923. The highest BCUT2D eigenvalue weighted by Crippen LogP contribution is 2.10. The molecule has 0 amide bonds. The molecule has 16 heavy (non-hydrogen) atoms. The largest absolute Gasteiger partial charge is 0.457 e. The molecule has 0 aromatic carbocycles. The summed E-state index contributed by atoms with van der Waals surface area (Å²) in [4.78, 5) is 9.74. The van der Waals surface area contributed by atoms with Crippen molar-refractivity contribution in [1.82, 2.24) is 0 Å². The van der Waals surface area contributed by atoms with Crippen LogP contribution in [0.15, 0.2) is 0 Å². The average Bonchev–Trinajstić information content (AvgIpc) is 2.31. The Hall–Kier alpha value is 0.200. The van der Waals surface area contributed by atoms with E-state index in [4.69, 9.17) is 0 Å².